The highest BCUT2D eigenvalue weighted by Crippen LogP contribution is 2.16. The Balaban J connectivity index is 2.94. The molecule has 1 heterocycles. The van der Waals surface area contributed by atoms with Gasteiger partial charge in [-0.1, -0.05) is 0 Å². The molecule has 0 unspecified atom stereocenters. The van der Waals surface area contributed by atoms with Crippen LogP contribution < -0.4 is 4.72 Å². The zero-order chi connectivity index (χ0) is 10.8. The lowest BCUT2D eigenvalue weighted by Crippen LogP contribution is -2.15. The van der Waals surface area contributed by atoms with E-state index in [2.05, 4.69) is 25.6 Å². The van der Waals surface area contributed by atoms with Gasteiger partial charge in [-0.3, -0.25) is 4.72 Å². The number of rotatable bonds is 3. The van der Waals surface area contributed by atoms with Gasteiger partial charge in [-0.15, -0.1) is 0 Å². The van der Waals surface area contributed by atoms with Gasteiger partial charge in [0.2, 0.25) is 10.0 Å². The fourth-order valence-corrected chi connectivity index (χ4v) is 1.63. The molecular weight excluding hydrogens is 268 g/mol. The van der Waals surface area contributed by atoms with Crippen molar-refractivity contribution in [2.75, 3.05) is 10.5 Å². The summed E-state index contributed by atoms with van der Waals surface area (Å²) >= 11 is 3.29. The second-order valence-corrected chi connectivity index (χ2v) is 5.63. The molecule has 0 aliphatic heterocycles. The number of sulfonamides is 1. The lowest BCUT2D eigenvalue weighted by molar-refractivity contribution is 0.602. The number of hydrogen-bond acceptors (Lipinski definition) is 3. The van der Waals surface area contributed by atoms with Gasteiger partial charge in [0.15, 0.2) is 0 Å². The first-order chi connectivity index (χ1) is 6.44. The molecule has 0 aromatic carbocycles. The van der Waals surface area contributed by atoms with E-state index >= 15 is 0 Å². The van der Waals surface area contributed by atoms with Crippen molar-refractivity contribution in [3.63, 3.8) is 0 Å². The minimum Gasteiger partial charge on any atom is -0.267 e. The number of aryl methyl sites for hydroxylation is 1. The van der Waals surface area contributed by atoms with Crippen molar-refractivity contribution in [2.45, 2.75) is 13.8 Å². The van der Waals surface area contributed by atoms with Gasteiger partial charge in [0.25, 0.3) is 0 Å². The average molecular weight is 279 g/mol. The van der Waals surface area contributed by atoms with Crippen LogP contribution in [0.4, 0.5) is 5.82 Å². The Kier molecular flexibility index (Phi) is 3.49. The van der Waals surface area contributed by atoms with Gasteiger partial charge in [0.05, 0.1) is 11.4 Å². The average Bonchev–Trinajstić information content (AvgIpc) is 2.11. The summed E-state index contributed by atoms with van der Waals surface area (Å²) < 4.78 is 25.6. The number of nitrogens with zero attached hydrogens (tertiary/aromatic N) is 1. The monoisotopic (exact) mass is 278 g/mol. The quantitative estimate of drug-likeness (QED) is 0.919. The summed E-state index contributed by atoms with van der Waals surface area (Å²) in [6.45, 7) is 3.38. The predicted molar refractivity (Wildman–Crippen MR) is 59.8 cm³/mol. The van der Waals surface area contributed by atoms with E-state index in [9.17, 15) is 8.42 Å². The van der Waals surface area contributed by atoms with Crippen LogP contribution in [-0.2, 0) is 10.0 Å². The van der Waals surface area contributed by atoms with Gasteiger partial charge < -0.3 is 0 Å². The highest BCUT2D eigenvalue weighted by atomic mass is 79.9. The highest BCUT2D eigenvalue weighted by Gasteiger charge is 2.07. The zero-order valence-corrected chi connectivity index (χ0v) is 10.3. The molecule has 0 radical (unpaired) electrons. The van der Waals surface area contributed by atoms with Gasteiger partial charge in [-0.25, -0.2) is 13.4 Å². The summed E-state index contributed by atoms with van der Waals surface area (Å²) in [5, 5.41) is 0. The first-order valence-electron chi connectivity index (χ1n) is 4.08. The minimum atomic E-state index is -3.23. The topological polar surface area (TPSA) is 59.1 Å². The largest absolute Gasteiger partial charge is 0.267 e. The van der Waals surface area contributed by atoms with Crippen molar-refractivity contribution in [1.82, 2.24) is 4.98 Å². The third kappa shape index (κ3) is 2.95. The molecule has 1 N–H and O–H groups in total. The number of pyridine rings is 1. The molecule has 0 saturated carbocycles. The van der Waals surface area contributed by atoms with E-state index in [1.807, 2.05) is 0 Å². The van der Waals surface area contributed by atoms with Crippen molar-refractivity contribution in [2.24, 2.45) is 0 Å². The molecule has 0 atom stereocenters. The number of hydrogen-bond donors (Lipinski definition) is 1. The van der Waals surface area contributed by atoms with E-state index in [1.165, 1.54) is 0 Å². The van der Waals surface area contributed by atoms with Crippen LogP contribution in [0, 0.1) is 6.92 Å². The Morgan fingerprint density at radius 1 is 1.50 bits per heavy atom. The normalized spacial score (nSPS) is 11.4. The second-order valence-electron chi connectivity index (χ2n) is 2.77. The first-order valence-corrected chi connectivity index (χ1v) is 6.53. The van der Waals surface area contributed by atoms with E-state index < -0.39 is 10.0 Å². The van der Waals surface area contributed by atoms with E-state index in [4.69, 9.17) is 0 Å². The molecule has 1 rings (SSSR count). The molecule has 6 heteroatoms. The van der Waals surface area contributed by atoms with Crippen molar-refractivity contribution in [3.8, 4) is 0 Å². The Morgan fingerprint density at radius 3 is 2.64 bits per heavy atom. The summed E-state index contributed by atoms with van der Waals surface area (Å²) in [6.07, 6.45) is 0. The molecule has 0 fully saturated rings. The molecule has 0 bridgehead atoms. The fraction of sp³-hybridized carbons (Fsp3) is 0.375. The molecule has 1 aromatic heterocycles. The fourth-order valence-electron chi connectivity index (χ4n) is 0.832. The zero-order valence-electron chi connectivity index (χ0n) is 7.91. The molecule has 0 aliphatic carbocycles. The van der Waals surface area contributed by atoms with Crippen LogP contribution in [0.5, 0.6) is 0 Å². The molecule has 14 heavy (non-hydrogen) atoms. The van der Waals surface area contributed by atoms with Gasteiger partial charge >= 0.3 is 0 Å². The van der Waals surface area contributed by atoms with Gasteiger partial charge in [-0.2, -0.15) is 0 Å². The lowest BCUT2D eigenvalue weighted by atomic mass is 10.4. The van der Waals surface area contributed by atoms with Crippen molar-refractivity contribution >= 4 is 31.8 Å². The number of nitrogens with one attached hydrogen (secondary N) is 1. The third-order valence-electron chi connectivity index (χ3n) is 1.66. The number of anilines is 1. The van der Waals surface area contributed by atoms with Crippen LogP contribution in [0.25, 0.3) is 0 Å². The van der Waals surface area contributed by atoms with Crippen LogP contribution in [0.1, 0.15) is 12.6 Å². The van der Waals surface area contributed by atoms with Crippen LogP contribution in [-0.4, -0.2) is 19.2 Å². The van der Waals surface area contributed by atoms with Gasteiger partial charge in [0, 0.05) is 4.47 Å². The molecular formula is C8H11BrN2O2S. The van der Waals surface area contributed by atoms with Gasteiger partial charge in [0.1, 0.15) is 5.82 Å². The van der Waals surface area contributed by atoms with E-state index in [0.29, 0.717) is 5.82 Å². The maximum Gasteiger partial charge on any atom is 0.233 e. The van der Waals surface area contributed by atoms with E-state index in [0.717, 1.165) is 10.2 Å². The third-order valence-corrected chi connectivity index (χ3v) is 3.78. The van der Waals surface area contributed by atoms with E-state index in [1.54, 1.807) is 26.0 Å². The minimum absolute atomic E-state index is 0.0454. The maximum absolute atomic E-state index is 11.2. The maximum atomic E-state index is 11.2. The molecule has 0 spiro atoms. The predicted octanol–water partition coefficient (Wildman–Crippen LogP) is 1.91. The summed E-state index contributed by atoms with van der Waals surface area (Å²) in [4.78, 5) is 4.07. The molecule has 1 aromatic rings. The van der Waals surface area contributed by atoms with Crippen molar-refractivity contribution in [3.05, 3.63) is 22.3 Å². The second kappa shape index (κ2) is 4.27. The SMILES string of the molecule is CCS(=O)(=O)Nc1ccc(Br)c(C)n1. The summed E-state index contributed by atoms with van der Waals surface area (Å²) in [7, 11) is -3.23. The molecule has 0 amide bonds. The van der Waals surface area contributed by atoms with Crippen LogP contribution in [0.15, 0.2) is 16.6 Å². The summed E-state index contributed by atoms with van der Waals surface area (Å²) in [5.41, 5.74) is 0.751. The Hall–Kier alpha value is -0.620. The van der Waals surface area contributed by atoms with Crippen LogP contribution in [0.2, 0.25) is 0 Å². The van der Waals surface area contributed by atoms with Crippen LogP contribution >= 0.6 is 15.9 Å². The number of aromatic nitrogens is 1. The molecule has 78 valence electrons. The number of halogens is 1. The summed E-state index contributed by atoms with van der Waals surface area (Å²) in [5.74, 6) is 0.400. The summed E-state index contributed by atoms with van der Waals surface area (Å²) in [6, 6.07) is 3.38. The Morgan fingerprint density at radius 2 is 2.14 bits per heavy atom. The standard InChI is InChI=1S/C8H11BrN2O2S/c1-3-14(12,13)11-8-5-4-7(9)6(2)10-8/h4-5H,3H2,1-2H3,(H,10,11). The van der Waals surface area contributed by atoms with Crippen molar-refractivity contribution < 1.29 is 8.42 Å². The lowest BCUT2D eigenvalue weighted by Gasteiger charge is -2.06. The Bertz CT molecular complexity index is 431. The highest BCUT2D eigenvalue weighted by molar-refractivity contribution is 9.10. The smallest absolute Gasteiger partial charge is 0.233 e. The Labute approximate surface area is 91.9 Å². The molecule has 0 aliphatic rings. The molecule has 4 nitrogen and oxygen atoms in total. The van der Waals surface area contributed by atoms with Gasteiger partial charge in [-0.05, 0) is 41.9 Å². The van der Waals surface area contributed by atoms with Crippen LogP contribution in [0.3, 0.4) is 0 Å². The molecule has 0 saturated heterocycles. The van der Waals surface area contributed by atoms with Crippen molar-refractivity contribution in [1.29, 1.82) is 0 Å². The first kappa shape index (κ1) is 11.5. The van der Waals surface area contributed by atoms with E-state index in [-0.39, 0.29) is 5.75 Å².